The molecule has 0 radical (unpaired) electrons. The SMILES string of the molecule is CC1=C(C(=O)Nc2ccccc2)C(c2ccc(OCc3ccc(C)cc3)cc2)n2nc(SCc3ccccc3Cl)nc2N1. The minimum atomic E-state index is -0.506. The molecule has 7 nitrogen and oxygen atoms in total. The number of rotatable bonds is 9. The van der Waals surface area contributed by atoms with Gasteiger partial charge in [0.15, 0.2) is 0 Å². The summed E-state index contributed by atoms with van der Waals surface area (Å²) in [6.07, 6.45) is 0. The van der Waals surface area contributed by atoms with Gasteiger partial charge in [-0.3, -0.25) is 4.79 Å². The summed E-state index contributed by atoms with van der Waals surface area (Å²) in [5, 5.41) is 12.5. The molecule has 2 heterocycles. The third-order valence-corrected chi connectivity index (χ3v) is 8.40. The summed E-state index contributed by atoms with van der Waals surface area (Å²) >= 11 is 7.87. The number of benzene rings is 4. The summed E-state index contributed by atoms with van der Waals surface area (Å²) < 4.78 is 7.84. The Kier molecular flexibility index (Phi) is 8.49. The van der Waals surface area contributed by atoms with Crippen molar-refractivity contribution >= 4 is 40.9 Å². The molecule has 6 rings (SSSR count). The number of hydrogen-bond donors (Lipinski definition) is 2. The minimum absolute atomic E-state index is 0.215. The number of amides is 1. The summed E-state index contributed by atoms with van der Waals surface area (Å²) in [4.78, 5) is 18.5. The van der Waals surface area contributed by atoms with Crippen LogP contribution in [0.15, 0.2) is 120 Å². The number of hydrogen-bond acceptors (Lipinski definition) is 6. The second kappa shape index (κ2) is 12.8. The van der Waals surface area contributed by atoms with Crippen molar-refractivity contribution in [2.24, 2.45) is 0 Å². The minimum Gasteiger partial charge on any atom is -0.489 e. The van der Waals surface area contributed by atoms with Crippen molar-refractivity contribution in [1.82, 2.24) is 14.8 Å². The van der Waals surface area contributed by atoms with Crippen LogP contribution in [0, 0.1) is 6.92 Å². The third kappa shape index (κ3) is 6.61. The lowest BCUT2D eigenvalue weighted by atomic mass is 9.95. The average molecular weight is 608 g/mol. The number of carbonyl (C=O) groups is 1. The molecule has 0 fully saturated rings. The van der Waals surface area contributed by atoms with E-state index < -0.39 is 6.04 Å². The predicted octanol–water partition coefficient (Wildman–Crippen LogP) is 8.04. The molecular formula is C34H30ClN5O2S. The van der Waals surface area contributed by atoms with Crippen molar-refractivity contribution in [3.63, 3.8) is 0 Å². The molecule has 0 bridgehead atoms. The number of nitrogens with one attached hydrogen (secondary N) is 2. The van der Waals surface area contributed by atoms with Crippen molar-refractivity contribution in [2.75, 3.05) is 10.6 Å². The number of ether oxygens (including phenoxy) is 1. The molecule has 1 unspecified atom stereocenters. The van der Waals surface area contributed by atoms with Crippen LogP contribution in [0.3, 0.4) is 0 Å². The molecule has 216 valence electrons. The number of thioether (sulfide) groups is 1. The number of nitrogens with zero attached hydrogens (tertiary/aromatic N) is 3. The van der Waals surface area contributed by atoms with Gasteiger partial charge in [0, 0.05) is 22.2 Å². The Bertz CT molecular complexity index is 1770. The maximum Gasteiger partial charge on any atom is 0.255 e. The van der Waals surface area contributed by atoms with Gasteiger partial charge in [-0.2, -0.15) is 4.98 Å². The molecule has 0 aliphatic carbocycles. The quantitative estimate of drug-likeness (QED) is 0.165. The van der Waals surface area contributed by atoms with Gasteiger partial charge >= 0.3 is 0 Å². The van der Waals surface area contributed by atoms with E-state index in [1.807, 2.05) is 85.8 Å². The largest absolute Gasteiger partial charge is 0.489 e. The van der Waals surface area contributed by atoms with Crippen LogP contribution >= 0.6 is 23.4 Å². The van der Waals surface area contributed by atoms with Gasteiger partial charge in [-0.05, 0) is 60.9 Å². The Morgan fingerprint density at radius 3 is 2.42 bits per heavy atom. The van der Waals surface area contributed by atoms with E-state index in [9.17, 15) is 4.79 Å². The number of halogens is 1. The summed E-state index contributed by atoms with van der Waals surface area (Å²) in [5.41, 5.74) is 6.18. The van der Waals surface area contributed by atoms with Gasteiger partial charge in [0.2, 0.25) is 11.1 Å². The van der Waals surface area contributed by atoms with E-state index in [1.165, 1.54) is 17.3 Å². The fourth-order valence-corrected chi connectivity index (χ4v) is 5.98. The Morgan fingerprint density at radius 1 is 0.953 bits per heavy atom. The molecule has 1 amide bonds. The zero-order chi connectivity index (χ0) is 29.8. The first-order valence-electron chi connectivity index (χ1n) is 13.9. The lowest BCUT2D eigenvalue weighted by molar-refractivity contribution is -0.113. The van der Waals surface area contributed by atoms with Gasteiger partial charge in [0.25, 0.3) is 5.91 Å². The van der Waals surface area contributed by atoms with Crippen molar-refractivity contribution in [2.45, 2.75) is 37.4 Å². The lowest BCUT2D eigenvalue weighted by Crippen LogP contribution is -2.31. The Labute approximate surface area is 260 Å². The van der Waals surface area contributed by atoms with E-state index in [2.05, 4.69) is 41.8 Å². The van der Waals surface area contributed by atoms with Crippen molar-refractivity contribution in [1.29, 1.82) is 0 Å². The second-order valence-corrected chi connectivity index (χ2v) is 11.6. The van der Waals surface area contributed by atoms with Crippen LogP contribution in [0.2, 0.25) is 5.02 Å². The van der Waals surface area contributed by atoms with Gasteiger partial charge in [-0.1, -0.05) is 102 Å². The van der Waals surface area contributed by atoms with Crippen LogP contribution in [0.25, 0.3) is 0 Å². The van der Waals surface area contributed by atoms with Crippen molar-refractivity contribution < 1.29 is 9.53 Å². The number of anilines is 2. The average Bonchev–Trinajstić information content (AvgIpc) is 3.43. The summed E-state index contributed by atoms with van der Waals surface area (Å²) in [6, 6.07) is 32.8. The molecular weight excluding hydrogens is 578 g/mol. The predicted molar refractivity (Wildman–Crippen MR) is 173 cm³/mol. The monoisotopic (exact) mass is 607 g/mol. The number of aryl methyl sites for hydroxylation is 1. The smallest absolute Gasteiger partial charge is 0.255 e. The van der Waals surface area contributed by atoms with Gasteiger partial charge in [0.05, 0.1) is 5.57 Å². The van der Waals surface area contributed by atoms with Crippen LogP contribution in [-0.2, 0) is 17.2 Å². The Hall–Kier alpha value is -4.53. The topological polar surface area (TPSA) is 81.1 Å². The zero-order valence-corrected chi connectivity index (χ0v) is 25.3. The Morgan fingerprint density at radius 2 is 1.67 bits per heavy atom. The van der Waals surface area contributed by atoms with E-state index >= 15 is 0 Å². The maximum atomic E-state index is 13.8. The fourth-order valence-electron chi connectivity index (χ4n) is 4.87. The van der Waals surface area contributed by atoms with Crippen LogP contribution < -0.4 is 15.4 Å². The molecule has 1 aliphatic rings. The van der Waals surface area contributed by atoms with Gasteiger partial charge in [0.1, 0.15) is 18.4 Å². The second-order valence-electron chi connectivity index (χ2n) is 10.3. The fraction of sp³-hybridized carbons (Fsp3) is 0.147. The molecule has 2 N–H and O–H groups in total. The molecule has 0 saturated carbocycles. The maximum absolute atomic E-state index is 13.8. The first kappa shape index (κ1) is 28.6. The molecule has 1 aromatic heterocycles. The van der Waals surface area contributed by atoms with E-state index in [1.54, 1.807) is 4.68 Å². The zero-order valence-electron chi connectivity index (χ0n) is 23.8. The highest BCUT2D eigenvalue weighted by atomic mass is 35.5. The van der Waals surface area contributed by atoms with Crippen LogP contribution in [0.5, 0.6) is 5.75 Å². The number of aromatic nitrogens is 3. The molecule has 1 atom stereocenters. The molecule has 1 aliphatic heterocycles. The summed E-state index contributed by atoms with van der Waals surface area (Å²) in [5.74, 6) is 1.71. The highest BCUT2D eigenvalue weighted by Crippen LogP contribution is 2.38. The molecule has 43 heavy (non-hydrogen) atoms. The van der Waals surface area contributed by atoms with E-state index in [-0.39, 0.29) is 5.91 Å². The number of allylic oxidation sites excluding steroid dienone is 1. The molecule has 0 saturated heterocycles. The Balaban J connectivity index is 1.29. The van der Waals surface area contributed by atoms with Crippen LogP contribution in [0.1, 0.15) is 35.2 Å². The van der Waals surface area contributed by atoms with E-state index in [0.717, 1.165) is 22.4 Å². The normalized spacial score (nSPS) is 14.2. The first-order valence-corrected chi connectivity index (χ1v) is 15.3. The molecule has 4 aromatic carbocycles. The van der Waals surface area contributed by atoms with Gasteiger partial charge in [-0.25, -0.2) is 4.68 Å². The molecule has 5 aromatic rings. The van der Waals surface area contributed by atoms with E-state index in [4.69, 9.17) is 26.4 Å². The van der Waals surface area contributed by atoms with Gasteiger partial charge in [-0.15, -0.1) is 5.10 Å². The summed E-state index contributed by atoms with van der Waals surface area (Å²) in [6.45, 7) is 4.42. The lowest BCUT2D eigenvalue weighted by Gasteiger charge is -2.28. The summed E-state index contributed by atoms with van der Waals surface area (Å²) in [7, 11) is 0. The van der Waals surface area contributed by atoms with Crippen LogP contribution in [0.4, 0.5) is 11.6 Å². The molecule has 9 heteroatoms. The van der Waals surface area contributed by atoms with E-state index in [0.29, 0.717) is 45.4 Å². The standard InChI is InChI=1S/C34H30ClN5O2S/c1-22-12-14-24(15-13-22)20-42-28-18-16-25(17-19-28)31-30(32(41)37-27-9-4-3-5-10-27)23(2)36-33-38-34(39-40(31)33)43-21-26-8-6-7-11-29(26)35/h3-19,31H,20-21H2,1-2H3,(H,37,41)(H,36,38,39). The van der Waals surface area contributed by atoms with Crippen LogP contribution in [-0.4, -0.2) is 20.7 Å². The van der Waals surface area contributed by atoms with Gasteiger partial charge < -0.3 is 15.4 Å². The van der Waals surface area contributed by atoms with Crippen molar-refractivity contribution in [3.8, 4) is 5.75 Å². The van der Waals surface area contributed by atoms with Crippen molar-refractivity contribution in [3.05, 3.63) is 142 Å². The highest BCUT2D eigenvalue weighted by molar-refractivity contribution is 7.98. The molecule has 0 spiro atoms. The number of carbonyl (C=O) groups excluding carboxylic acids is 1. The third-order valence-electron chi connectivity index (χ3n) is 7.15. The highest BCUT2D eigenvalue weighted by Gasteiger charge is 2.34. The number of para-hydroxylation sites is 1. The first-order chi connectivity index (χ1) is 20.9. The number of fused-ring (bicyclic) bond motifs is 1.